The number of H-pyrrole nitrogens is 1. The summed E-state index contributed by atoms with van der Waals surface area (Å²) in [5.41, 5.74) is 1.78. The molecule has 4 aromatic rings. The fourth-order valence-corrected chi connectivity index (χ4v) is 3.88. The Morgan fingerprint density at radius 1 is 1.09 bits per heavy atom. The van der Waals surface area contributed by atoms with Gasteiger partial charge in [-0.3, -0.25) is 9.78 Å². The molecule has 0 aliphatic heterocycles. The first-order chi connectivity index (χ1) is 16.0. The summed E-state index contributed by atoms with van der Waals surface area (Å²) in [6.07, 6.45) is 4.23. The molecule has 1 fully saturated rings. The minimum atomic E-state index is -1.01. The molecular weight excluding hydrogens is 430 g/mol. The predicted octanol–water partition coefficient (Wildman–Crippen LogP) is 3.89. The van der Waals surface area contributed by atoms with E-state index in [4.69, 9.17) is 4.74 Å². The molecule has 8 nitrogen and oxygen atoms in total. The molecule has 0 bridgehead atoms. The number of carbonyl (C=O) groups excluding carboxylic acids is 1. The van der Waals surface area contributed by atoms with Crippen LogP contribution in [0.25, 0.3) is 22.5 Å². The molecule has 0 spiro atoms. The highest BCUT2D eigenvalue weighted by molar-refractivity contribution is 6.02. The van der Waals surface area contributed by atoms with Crippen molar-refractivity contribution in [3.05, 3.63) is 72.1 Å². The monoisotopic (exact) mass is 448 g/mol. The van der Waals surface area contributed by atoms with Gasteiger partial charge in [0.05, 0.1) is 18.7 Å². The lowest BCUT2D eigenvalue weighted by molar-refractivity contribution is -0.118. The molecule has 1 aliphatic rings. The largest absolute Gasteiger partial charge is 0.495 e. The summed E-state index contributed by atoms with van der Waals surface area (Å²) < 4.78 is 33.0. The Hall–Kier alpha value is -4.21. The van der Waals surface area contributed by atoms with E-state index in [9.17, 15) is 13.6 Å². The number of carbonyl (C=O) groups is 1. The lowest BCUT2D eigenvalue weighted by Gasteiger charge is -2.17. The number of nitrogens with one attached hydrogen (secondary N) is 2. The molecule has 33 heavy (non-hydrogen) atoms. The maximum Gasteiger partial charge on any atom is 0.235 e. The van der Waals surface area contributed by atoms with Gasteiger partial charge in [-0.05, 0) is 47.9 Å². The molecule has 1 aliphatic carbocycles. The first-order valence-corrected chi connectivity index (χ1v) is 10.1. The number of benzene rings is 2. The Bertz CT molecular complexity index is 1340. The highest BCUT2D eigenvalue weighted by atomic mass is 19.1. The third-order valence-corrected chi connectivity index (χ3v) is 5.75. The normalized spacial score (nSPS) is 14.0. The predicted molar refractivity (Wildman–Crippen MR) is 115 cm³/mol. The fraction of sp³-hybridized carbons (Fsp3) is 0.174. The smallest absolute Gasteiger partial charge is 0.235 e. The Labute approximate surface area is 187 Å². The molecular formula is C23H18F2N6O2. The maximum atomic E-state index is 14.4. The number of rotatable bonds is 6. The molecule has 2 aromatic heterocycles. The molecule has 0 atom stereocenters. The van der Waals surface area contributed by atoms with Crippen LogP contribution in [-0.2, 0) is 10.2 Å². The van der Waals surface area contributed by atoms with Crippen molar-refractivity contribution >= 4 is 11.6 Å². The Kier molecular flexibility index (Phi) is 5.04. The molecule has 2 heterocycles. The number of tetrazole rings is 1. The van der Waals surface area contributed by atoms with Crippen molar-refractivity contribution in [2.45, 2.75) is 18.3 Å². The van der Waals surface area contributed by atoms with Crippen molar-refractivity contribution in [2.24, 2.45) is 0 Å². The molecule has 0 unspecified atom stereocenters. The molecule has 1 amide bonds. The van der Waals surface area contributed by atoms with Crippen LogP contribution in [0.5, 0.6) is 5.75 Å². The van der Waals surface area contributed by atoms with Gasteiger partial charge in [-0.25, -0.2) is 8.78 Å². The Balaban J connectivity index is 1.49. The summed E-state index contributed by atoms with van der Waals surface area (Å²) >= 11 is 0. The molecule has 5 rings (SSSR count). The number of ether oxygens (including phenoxy) is 1. The zero-order valence-electron chi connectivity index (χ0n) is 17.5. The second kappa shape index (κ2) is 8.05. The maximum absolute atomic E-state index is 14.4. The lowest BCUT2D eigenvalue weighted by Crippen LogP contribution is -2.28. The Morgan fingerprint density at radius 2 is 1.94 bits per heavy atom. The van der Waals surface area contributed by atoms with Crippen LogP contribution in [0.15, 0.2) is 54.9 Å². The second-order valence-corrected chi connectivity index (χ2v) is 7.77. The van der Waals surface area contributed by atoms with Crippen molar-refractivity contribution < 1.29 is 18.3 Å². The second-order valence-electron chi connectivity index (χ2n) is 7.77. The van der Waals surface area contributed by atoms with Crippen molar-refractivity contribution in [3.8, 4) is 28.3 Å². The topological polar surface area (TPSA) is 106 Å². The van der Waals surface area contributed by atoms with Crippen molar-refractivity contribution in [3.63, 3.8) is 0 Å². The molecule has 10 heteroatoms. The van der Waals surface area contributed by atoms with Crippen molar-refractivity contribution in [1.82, 2.24) is 25.6 Å². The number of hydrogen-bond donors (Lipinski definition) is 2. The third-order valence-electron chi connectivity index (χ3n) is 5.75. The van der Waals surface area contributed by atoms with Crippen LogP contribution in [-0.4, -0.2) is 38.6 Å². The van der Waals surface area contributed by atoms with Crippen molar-refractivity contribution in [1.29, 1.82) is 0 Å². The van der Waals surface area contributed by atoms with Gasteiger partial charge in [0.2, 0.25) is 11.7 Å². The van der Waals surface area contributed by atoms with Gasteiger partial charge in [0.15, 0.2) is 0 Å². The molecule has 166 valence electrons. The number of pyridine rings is 1. The van der Waals surface area contributed by atoms with Gasteiger partial charge in [0, 0.05) is 34.6 Å². The summed E-state index contributed by atoms with van der Waals surface area (Å²) in [6.45, 7) is 0. The zero-order valence-corrected chi connectivity index (χ0v) is 17.5. The number of aromatic amines is 1. The van der Waals surface area contributed by atoms with E-state index in [2.05, 4.69) is 30.9 Å². The summed E-state index contributed by atoms with van der Waals surface area (Å²) in [6, 6.07) is 10.4. The van der Waals surface area contributed by atoms with Crippen LogP contribution in [0.3, 0.4) is 0 Å². The standard InChI is InChI=1S/C23H18F2N6O2/c1-33-16-8-13(11-26-12-16)17-4-3-15(10-18(17)21-28-30-31-29-21)27-22(32)23(6-7-23)19-5-2-14(24)9-20(19)25/h2-5,8-12H,6-7H2,1H3,(H,27,32)(H,28,29,30,31). The summed E-state index contributed by atoms with van der Waals surface area (Å²) in [5, 5.41) is 17.1. The fourth-order valence-electron chi connectivity index (χ4n) is 3.88. The number of nitrogens with zero attached hydrogens (tertiary/aromatic N) is 4. The van der Waals surface area contributed by atoms with E-state index < -0.39 is 17.0 Å². The van der Waals surface area contributed by atoms with Gasteiger partial charge < -0.3 is 10.1 Å². The SMILES string of the molecule is COc1cncc(-c2ccc(NC(=O)C3(c4ccc(F)cc4F)CC3)cc2-c2nn[nH]n2)c1. The van der Waals surface area contributed by atoms with Gasteiger partial charge in [-0.1, -0.05) is 12.1 Å². The number of methoxy groups -OCH3 is 1. The van der Waals surface area contributed by atoms with E-state index >= 15 is 0 Å². The van der Waals surface area contributed by atoms with E-state index in [0.717, 1.165) is 23.3 Å². The average molecular weight is 448 g/mol. The number of aromatic nitrogens is 5. The van der Waals surface area contributed by atoms with Gasteiger partial charge in [-0.2, -0.15) is 5.21 Å². The van der Waals surface area contributed by atoms with Gasteiger partial charge in [0.25, 0.3) is 0 Å². The number of hydrogen-bond acceptors (Lipinski definition) is 6. The zero-order chi connectivity index (χ0) is 23.0. The van der Waals surface area contributed by atoms with Crippen LogP contribution < -0.4 is 10.1 Å². The van der Waals surface area contributed by atoms with Crippen LogP contribution in [0.4, 0.5) is 14.5 Å². The van der Waals surface area contributed by atoms with Gasteiger partial charge in [-0.15, -0.1) is 10.2 Å². The molecule has 2 aromatic carbocycles. The molecule has 2 N–H and O–H groups in total. The molecule has 0 radical (unpaired) electrons. The van der Waals surface area contributed by atoms with Crippen LogP contribution >= 0.6 is 0 Å². The summed E-state index contributed by atoms with van der Waals surface area (Å²) in [7, 11) is 1.55. The lowest BCUT2D eigenvalue weighted by atomic mass is 9.94. The molecule has 1 saturated carbocycles. The van der Waals surface area contributed by atoms with Gasteiger partial charge >= 0.3 is 0 Å². The van der Waals surface area contributed by atoms with E-state index in [-0.39, 0.29) is 11.5 Å². The first kappa shape index (κ1) is 20.7. The summed E-state index contributed by atoms with van der Waals surface area (Å²) in [4.78, 5) is 17.3. The van der Waals surface area contributed by atoms with Crippen LogP contribution in [0, 0.1) is 11.6 Å². The molecule has 0 saturated heterocycles. The first-order valence-electron chi connectivity index (χ1n) is 10.1. The minimum Gasteiger partial charge on any atom is -0.495 e. The van der Waals surface area contributed by atoms with Gasteiger partial charge in [0.1, 0.15) is 17.4 Å². The average Bonchev–Trinajstić information content (AvgIpc) is 3.44. The highest BCUT2D eigenvalue weighted by Crippen LogP contribution is 2.50. The van der Waals surface area contributed by atoms with E-state index in [1.54, 1.807) is 37.7 Å². The quantitative estimate of drug-likeness (QED) is 0.464. The number of halogens is 2. The number of anilines is 1. The summed E-state index contributed by atoms with van der Waals surface area (Å²) in [5.74, 6) is -0.853. The van der Waals surface area contributed by atoms with E-state index in [0.29, 0.717) is 35.7 Å². The van der Waals surface area contributed by atoms with Crippen molar-refractivity contribution in [2.75, 3.05) is 12.4 Å². The minimum absolute atomic E-state index is 0.193. The third kappa shape index (κ3) is 3.79. The van der Waals surface area contributed by atoms with E-state index in [1.165, 1.54) is 6.07 Å². The van der Waals surface area contributed by atoms with E-state index in [1.807, 2.05) is 6.07 Å². The highest BCUT2D eigenvalue weighted by Gasteiger charge is 2.52. The van der Waals surface area contributed by atoms with Crippen LogP contribution in [0.2, 0.25) is 0 Å². The van der Waals surface area contributed by atoms with Crippen LogP contribution in [0.1, 0.15) is 18.4 Å². The Morgan fingerprint density at radius 3 is 2.64 bits per heavy atom. The number of amides is 1.